The fraction of sp³-hybridized carbons (Fsp3) is 0. The Labute approximate surface area is 394 Å². The maximum Gasteiger partial charge on any atom is 0.144 e. The van der Waals surface area contributed by atoms with E-state index in [0.29, 0.717) is 0 Å². The molecule has 0 N–H and O–H groups in total. The maximum atomic E-state index is 7.11. The van der Waals surface area contributed by atoms with E-state index in [1.165, 1.54) is 0 Å². The molecule has 68 heavy (non-hydrogen) atoms. The Kier molecular flexibility index (Phi) is 10.4. The third-order valence-corrected chi connectivity index (χ3v) is 12.5. The summed E-state index contributed by atoms with van der Waals surface area (Å²) in [4.78, 5) is 14.7. The number of para-hydroxylation sites is 5. The zero-order chi connectivity index (χ0) is 45.2. The van der Waals surface area contributed by atoms with Gasteiger partial charge in [0, 0.05) is 73.9 Å². The molecule has 12 aromatic rings. The van der Waals surface area contributed by atoms with Crippen LogP contribution in [0.2, 0.25) is 0 Å². The number of nitrogens with zero attached hydrogens (tertiary/aromatic N) is 5. The molecule has 0 aliphatic heterocycles. The monoisotopic (exact) mass is 873 g/mol. The van der Waals surface area contributed by atoms with Crippen molar-refractivity contribution < 1.29 is 4.42 Å². The van der Waals surface area contributed by atoms with E-state index in [-0.39, 0.29) is 0 Å². The molecule has 0 saturated heterocycles. The molecule has 0 bridgehead atoms. The van der Waals surface area contributed by atoms with E-state index < -0.39 is 0 Å². The van der Waals surface area contributed by atoms with E-state index in [9.17, 15) is 0 Å². The molecular formula is C62H43N5O. The first-order valence-electron chi connectivity index (χ1n) is 22.8. The van der Waals surface area contributed by atoms with Crippen molar-refractivity contribution in [3.8, 4) is 50.5 Å². The van der Waals surface area contributed by atoms with Crippen molar-refractivity contribution in [1.82, 2.24) is 14.5 Å². The van der Waals surface area contributed by atoms with E-state index in [0.717, 1.165) is 107 Å². The summed E-state index contributed by atoms with van der Waals surface area (Å²) in [6, 6.07) is 86.4. The number of aromatic nitrogens is 3. The summed E-state index contributed by atoms with van der Waals surface area (Å²) in [7, 11) is 0. The first kappa shape index (κ1) is 40.3. The van der Waals surface area contributed by atoms with Crippen molar-refractivity contribution in [2.45, 2.75) is 0 Å². The van der Waals surface area contributed by atoms with Crippen LogP contribution >= 0.6 is 0 Å². The second-order valence-corrected chi connectivity index (χ2v) is 16.6. The second-order valence-electron chi connectivity index (χ2n) is 16.6. The van der Waals surface area contributed by atoms with E-state index in [2.05, 4.69) is 239 Å². The molecule has 6 nitrogen and oxygen atoms in total. The summed E-state index contributed by atoms with van der Waals surface area (Å²) in [5.74, 6) is 2.39. The fourth-order valence-corrected chi connectivity index (χ4v) is 9.43. The van der Waals surface area contributed by atoms with E-state index in [1.54, 1.807) is 0 Å². The van der Waals surface area contributed by atoms with Crippen molar-refractivity contribution in [2.75, 3.05) is 9.80 Å². The number of hydrogen-bond acceptors (Lipinski definition) is 5. The lowest BCUT2D eigenvalue weighted by Gasteiger charge is -2.24. The van der Waals surface area contributed by atoms with Gasteiger partial charge in [-0.1, -0.05) is 152 Å². The SMILES string of the molecule is c1ccc(-c2c(-c3ccc(N(c4ccccc4)c4ccccc4)nc3)oc3cc4c(-c5ccccc5)c(-c5ccc(N(c6ccccc6)c6ccccc6)nc5)n(-c5ccccc5)c4cc23)cc1. The Bertz CT molecular complexity index is 3540. The average molecular weight is 874 g/mol. The molecule has 322 valence electrons. The van der Waals surface area contributed by atoms with Gasteiger partial charge < -0.3 is 8.98 Å². The molecule has 0 saturated carbocycles. The molecule has 0 spiro atoms. The second kappa shape index (κ2) is 17.6. The average Bonchev–Trinajstić information content (AvgIpc) is 3.96. The maximum absolute atomic E-state index is 7.11. The molecule has 6 heteroatoms. The Morgan fingerprint density at radius 1 is 0.353 bits per heavy atom. The minimum Gasteiger partial charge on any atom is -0.455 e. The van der Waals surface area contributed by atoms with Crippen molar-refractivity contribution in [3.05, 3.63) is 261 Å². The molecule has 0 aliphatic rings. The van der Waals surface area contributed by atoms with Crippen LogP contribution in [0.15, 0.2) is 266 Å². The summed E-state index contributed by atoms with van der Waals surface area (Å²) < 4.78 is 9.50. The number of benzene rings is 8. The van der Waals surface area contributed by atoms with Gasteiger partial charge in [0.05, 0.1) is 11.2 Å². The lowest BCUT2D eigenvalue weighted by Crippen LogP contribution is -2.11. The van der Waals surface area contributed by atoms with Crippen molar-refractivity contribution in [3.63, 3.8) is 0 Å². The zero-order valence-electron chi connectivity index (χ0n) is 37.0. The van der Waals surface area contributed by atoms with Gasteiger partial charge in [-0.2, -0.15) is 0 Å². The van der Waals surface area contributed by atoms with Gasteiger partial charge in [-0.25, -0.2) is 9.97 Å². The zero-order valence-corrected chi connectivity index (χ0v) is 37.0. The van der Waals surface area contributed by atoms with Crippen LogP contribution in [-0.4, -0.2) is 14.5 Å². The topological polar surface area (TPSA) is 50.3 Å². The first-order chi connectivity index (χ1) is 33.8. The highest BCUT2D eigenvalue weighted by molar-refractivity contribution is 6.13. The molecule has 0 fully saturated rings. The van der Waals surface area contributed by atoms with Crippen LogP contribution in [0.1, 0.15) is 0 Å². The third-order valence-electron chi connectivity index (χ3n) is 12.5. The van der Waals surface area contributed by atoms with Crippen molar-refractivity contribution in [1.29, 1.82) is 0 Å². The van der Waals surface area contributed by atoms with E-state index in [4.69, 9.17) is 14.4 Å². The predicted molar refractivity (Wildman–Crippen MR) is 280 cm³/mol. The van der Waals surface area contributed by atoms with Gasteiger partial charge in [-0.05, 0) is 108 Å². The highest BCUT2D eigenvalue weighted by Gasteiger charge is 2.27. The minimum absolute atomic E-state index is 0.762. The van der Waals surface area contributed by atoms with Gasteiger partial charge in [-0.3, -0.25) is 9.80 Å². The van der Waals surface area contributed by atoms with Crippen LogP contribution in [0.5, 0.6) is 0 Å². The summed E-state index contributed by atoms with van der Waals surface area (Å²) in [5.41, 5.74) is 14.2. The Balaban J connectivity index is 1.07. The molecule has 0 aliphatic carbocycles. The molecule has 4 aromatic heterocycles. The summed E-state index contributed by atoms with van der Waals surface area (Å²) in [5, 5.41) is 2.07. The lowest BCUT2D eigenvalue weighted by molar-refractivity contribution is 0.632. The minimum atomic E-state index is 0.762. The van der Waals surface area contributed by atoms with Gasteiger partial charge >= 0.3 is 0 Å². The number of rotatable bonds is 11. The van der Waals surface area contributed by atoms with E-state index in [1.807, 2.05) is 36.7 Å². The number of furan rings is 1. The molecule has 0 radical (unpaired) electrons. The molecule has 4 heterocycles. The van der Waals surface area contributed by atoms with E-state index >= 15 is 0 Å². The Morgan fingerprint density at radius 2 is 0.765 bits per heavy atom. The first-order valence-corrected chi connectivity index (χ1v) is 22.8. The molecule has 8 aromatic carbocycles. The molecular weight excluding hydrogens is 831 g/mol. The van der Waals surface area contributed by atoms with Crippen LogP contribution in [0.25, 0.3) is 72.4 Å². The van der Waals surface area contributed by atoms with Gasteiger partial charge in [0.25, 0.3) is 0 Å². The standard InChI is InChI=1S/C62H43N5O/c1-8-22-44(23-9-1)59-53-41-56-54(60(45-24-10-2-11-25-45)62(68-56)47-37-39-58(64-43-47)66(50-30-16-5-17-31-50)51-32-18-6-19-33-51)40-55(53)67(52-34-20-7-21-35-52)61(59)46-36-38-57(63-42-46)65(48-26-12-3-13-27-48)49-28-14-4-15-29-49/h1-43H. The fourth-order valence-electron chi connectivity index (χ4n) is 9.43. The quantitative estimate of drug-likeness (QED) is 0.130. The number of pyridine rings is 2. The smallest absolute Gasteiger partial charge is 0.144 e. The van der Waals surface area contributed by atoms with Crippen LogP contribution in [0.3, 0.4) is 0 Å². The van der Waals surface area contributed by atoms with Gasteiger partial charge in [-0.15, -0.1) is 0 Å². The van der Waals surface area contributed by atoms with Crippen LogP contribution < -0.4 is 9.80 Å². The Morgan fingerprint density at radius 3 is 1.21 bits per heavy atom. The summed E-state index contributed by atoms with van der Waals surface area (Å²) in [6.45, 7) is 0. The summed E-state index contributed by atoms with van der Waals surface area (Å²) in [6.07, 6.45) is 3.95. The number of anilines is 6. The normalized spacial score (nSPS) is 11.2. The highest BCUT2D eigenvalue weighted by atomic mass is 16.3. The van der Waals surface area contributed by atoms with Gasteiger partial charge in [0.15, 0.2) is 0 Å². The third kappa shape index (κ3) is 7.36. The summed E-state index contributed by atoms with van der Waals surface area (Å²) >= 11 is 0. The van der Waals surface area contributed by atoms with Gasteiger partial charge in [0.1, 0.15) is 23.0 Å². The Hall–Kier alpha value is -9.26. The molecule has 0 amide bonds. The van der Waals surface area contributed by atoms with Crippen molar-refractivity contribution in [2.24, 2.45) is 0 Å². The lowest BCUT2D eigenvalue weighted by atomic mass is 9.96. The molecule has 12 rings (SSSR count). The van der Waals surface area contributed by atoms with Crippen molar-refractivity contribution >= 4 is 56.3 Å². The van der Waals surface area contributed by atoms with Gasteiger partial charge in [0.2, 0.25) is 0 Å². The predicted octanol–water partition coefficient (Wildman–Crippen LogP) is 16.8. The highest BCUT2D eigenvalue weighted by Crippen LogP contribution is 2.48. The number of fused-ring (bicyclic) bond motifs is 2. The largest absolute Gasteiger partial charge is 0.455 e. The molecule has 0 unspecified atom stereocenters. The van der Waals surface area contributed by atoms with Crippen LogP contribution in [0.4, 0.5) is 34.4 Å². The van der Waals surface area contributed by atoms with Crippen LogP contribution in [-0.2, 0) is 0 Å². The number of hydrogen-bond donors (Lipinski definition) is 0. The van der Waals surface area contributed by atoms with Crippen LogP contribution in [0, 0.1) is 0 Å². The molecule has 0 atom stereocenters.